The highest BCUT2D eigenvalue weighted by Gasteiger charge is 2.19. The normalized spacial score (nSPS) is 11.1. The van der Waals surface area contributed by atoms with Gasteiger partial charge in [0.15, 0.2) is 17.3 Å². The largest absolute Gasteiger partial charge is 0.373 e. The molecule has 3 rings (SSSR count). The summed E-state index contributed by atoms with van der Waals surface area (Å²) in [5.41, 5.74) is -0.517. The molecule has 0 aliphatic heterocycles. The van der Waals surface area contributed by atoms with Crippen LogP contribution in [-0.4, -0.2) is 29.8 Å². The van der Waals surface area contributed by atoms with Crippen molar-refractivity contribution in [2.24, 2.45) is 5.92 Å². The predicted octanol–water partition coefficient (Wildman–Crippen LogP) is 3.65. The van der Waals surface area contributed by atoms with Crippen molar-refractivity contribution in [2.75, 3.05) is 24.3 Å². The molecule has 1 amide bonds. The molecule has 0 spiro atoms. The molecule has 0 saturated heterocycles. The highest BCUT2D eigenvalue weighted by atomic mass is 19.1. The predicted molar refractivity (Wildman–Crippen MR) is 109 cm³/mol. The number of aromatic nitrogens is 2. The van der Waals surface area contributed by atoms with Crippen LogP contribution in [0.2, 0.25) is 0 Å². The van der Waals surface area contributed by atoms with Gasteiger partial charge in [0.1, 0.15) is 5.69 Å². The van der Waals surface area contributed by atoms with Crippen LogP contribution in [-0.2, 0) is 6.54 Å². The van der Waals surface area contributed by atoms with Gasteiger partial charge in [0, 0.05) is 31.7 Å². The number of benzene rings is 2. The monoisotopic (exact) mass is 400 g/mol. The minimum Gasteiger partial charge on any atom is -0.373 e. The van der Waals surface area contributed by atoms with Crippen LogP contribution < -0.4 is 15.8 Å². The quantitative estimate of drug-likeness (QED) is 0.710. The van der Waals surface area contributed by atoms with E-state index < -0.39 is 17.5 Å². The molecule has 1 N–H and O–H groups in total. The molecule has 0 saturated carbocycles. The Morgan fingerprint density at radius 2 is 1.72 bits per heavy atom. The van der Waals surface area contributed by atoms with E-state index in [9.17, 15) is 18.4 Å². The molecule has 0 radical (unpaired) electrons. The standard InChI is InChI=1S/C21H22F2N4O2/c1-12(2)11-27-21(29)15-8-6-5-7-14(15)18(25-27)20(28)24-13-9-16(22)19(26(3)4)17(23)10-13/h5-10,12H,11H2,1-4H3,(H,24,28). The summed E-state index contributed by atoms with van der Waals surface area (Å²) in [6.07, 6.45) is 0. The van der Waals surface area contributed by atoms with Crippen LogP contribution in [0.3, 0.4) is 0 Å². The SMILES string of the molecule is CC(C)Cn1nc(C(=O)Nc2cc(F)c(N(C)C)c(F)c2)c2ccccc2c1=O. The molecule has 8 heteroatoms. The molecule has 0 unspecified atom stereocenters. The molecule has 0 aliphatic rings. The van der Waals surface area contributed by atoms with Crippen molar-refractivity contribution < 1.29 is 13.6 Å². The molecule has 0 fully saturated rings. The Balaban J connectivity index is 2.06. The third kappa shape index (κ3) is 4.11. The summed E-state index contributed by atoms with van der Waals surface area (Å²) in [6.45, 7) is 4.20. The fourth-order valence-electron chi connectivity index (χ4n) is 3.13. The molecule has 152 valence electrons. The fraction of sp³-hybridized carbons (Fsp3) is 0.286. The topological polar surface area (TPSA) is 67.2 Å². The second-order valence-corrected chi connectivity index (χ2v) is 7.41. The highest BCUT2D eigenvalue weighted by molar-refractivity contribution is 6.11. The molecule has 0 atom stereocenters. The second kappa shape index (κ2) is 7.98. The number of fused-ring (bicyclic) bond motifs is 1. The van der Waals surface area contributed by atoms with Crippen LogP contribution in [0.25, 0.3) is 10.8 Å². The smallest absolute Gasteiger partial charge is 0.276 e. The molecule has 0 bridgehead atoms. The maximum Gasteiger partial charge on any atom is 0.276 e. The van der Waals surface area contributed by atoms with Crippen molar-refractivity contribution in [1.82, 2.24) is 9.78 Å². The van der Waals surface area contributed by atoms with Gasteiger partial charge in [-0.15, -0.1) is 0 Å². The van der Waals surface area contributed by atoms with Crippen molar-refractivity contribution in [2.45, 2.75) is 20.4 Å². The Morgan fingerprint density at radius 1 is 1.14 bits per heavy atom. The summed E-state index contributed by atoms with van der Waals surface area (Å²) in [6, 6.07) is 8.73. The van der Waals surface area contributed by atoms with Crippen molar-refractivity contribution >= 4 is 28.1 Å². The summed E-state index contributed by atoms with van der Waals surface area (Å²) >= 11 is 0. The van der Waals surface area contributed by atoms with E-state index in [4.69, 9.17) is 0 Å². The van der Waals surface area contributed by atoms with Crippen LogP contribution in [0.15, 0.2) is 41.2 Å². The van der Waals surface area contributed by atoms with Gasteiger partial charge in [0.25, 0.3) is 11.5 Å². The lowest BCUT2D eigenvalue weighted by atomic mass is 10.1. The van der Waals surface area contributed by atoms with Gasteiger partial charge in [-0.1, -0.05) is 32.0 Å². The number of anilines is 2. The first kappa shape index (κ1) is 20.4. The average molecular weight is 400 g/mol. The Bertz CT molecular complexity index is 1120. The number of nitrogens with one attached hydrogen (secondary N) is 1. The summed E-state index contributed by atoms with van der Waals surface area (Å²) in [4.78, 5) is 26.8. The summed E-state index contributed by atoms with van der Waals surface area (Å²) in [7, 11) is 3.04. The number of carbonyl (C=O) groups excluding carboxylic acids is 1. The third-order valence-corrected chi connectivity index (χ3v) is 4.34. The van der Waals surface area contributed by atoms with Crippen LogP contribution in [0.5, 0.6) is 0 Å². The Hall–Kier alpha value is -3.29. The second-order valence-electron chi connectivity index (χ2n) is 7.41. The van der Waals surface area contributed by atoms with E-state index in [0.717, 1.165) is 12.1 Å². The van der Waals surface area contributed by atoms with E-state index in [1.165, 1.54) is 23.7 Å². The number of amides is 1. The fourth-order valence-corrected chi connectivity index (χ4v) is 3.13. The van der Waals surface area contributed by atoms with Gasteiger partial charge in [0.05, 0.1) is 5.39 Å². The van der Waals surface area contributed by atoms with Gasteiger partial charge < -0.3 is 10.2 Å². The third-order valence-electron chi connectivity index (χ3n) is 4.34. The summed E-state index contributed by atoms with van der Waals surface area (Å²) in [5.74, 6) is -2.12. The average Bonchev–Trinajstić information content (AvgIpc) is 2.62. The molecule has 1 heterocycles. The molecule has 3 aromatic rings. The zero-order valence-electron chi connectivity index (χ0n) is 16.7. The molecular formula is C21H22F2N4O2. The lowest BCUT2D eigenvalue weighted by Gasteiger charge is -2.16. The number of rotatable bonds is 5. The van der Waals surface area contributed by atoms with E-state index in [0.29, 0.717) is 17.3 Å². The summed E-state index contributed by atoms with van der Waals surface area (Å²) in [5, 5.41) is 7.44. The lowest BCUT2D eigenvalue weighted by Crippen LogP contribution is -2.29. The maximum atomic E-state index is 14.2. The van der Waals surface area contributed by atoms with E-state index >= 15 is 0 Å². The minimum atomic E-state index is -0.798. The van der Waals surface area contributed by atoms with Gasteiger partial charge in [-0.05, 0) is 24.1 Å². The number of halogens is 2. The van der Waals surface area contributed by atoms with E-state index in [2.05, 4.69) is 10.4 Å². The van der Waals surface area contributed by atoms with E-state index in [-0.39, 0.29) is 28.5 Å². The van der Waals surface area contributed by atoms with Crippen molar-refractivity contribution in [3.8, 4) is 0 Å². The number of nitrogens with zero attached hydrogens (tertiary/aromatic N) is 3. The molecular weight excluding hydrogens is 378 g/mol. The first-order valence-electron chi connectivity index (χ1n) is 9.16. The van der Waals surface area contributed by atoms with Crippen molar-refractivity contribution in [1.29, 1.82) is 0 Å². The zero-order valence-corrected chi connectivity index (χ0v) is 16.7. The first-order chi connectivity index (χ1) is 13.7. The van der Waals surface area contributed by atoms with Crippen LogP contribution in [0, 0.1) is 17.6 Å². The summed E-state index contributed by atoms with van der Waals surface area (Å²) < 4.78 is 29.7. The van der Waals surface area contributed by atoms with E-state index in [1.807, 2.05) is 13.8 Å². The van der Waals surface area contributed by atoms with Gasteiger partial charge >= 0.3 is 0 Å². The number of hydrogen-bond acceptors (Lipinski definition) is 4. The van der Waals surface area contributed by atoms with E-state index in [1.54, 1.807) is 24.3 Å². The Kier molecular flexibility index (Phi) is 5.63. The molecule has 2 aromatic carbocycles. The van der Waals surface area contributed by atoms with Crippen molar-refractivity contribution in [3.63, 3.8) is 0 Å². The molecule has 29 heavy (non-hydrogen) atoms. The molecule has 6 nitrogen and oxygen atoms in total. The molecule has 1 aromatic heterocycles. The Labute approximate surface area is 166 Å². The lowest BCUT2D eigenvalue weighted by molar-refractivity contribution is 0.102. The Morgan fingerprint density at radius 3 is 2.28 bits per heavy atom. The number of carbonyl (C=O) groups is 1. The maximum absolute atomic E-state index is 14.2. The zero-order chi connectivity index (χ0) is 21.3. The van der Waals surface area contributed by atoms with Crippen LogP contribution in [0.1, 0.15) is 24.3 Å². The minimum absolute atomic E-state index is 0.0124. The first-order valence-corrected chi connectivity index (χ1v) is 9.16. The van der Waals surface area contributed by atoms with Gasteiger partial charge in [-0.2, -0.15) is 5.10 Å². The van der Waals surface area contributed by atoms with Crippen LogP contribution >= 0.6 is 0 Å². The van der Waals surface area contributed by atoms with Gasteiger partial charge in [0.2, 0.25) is 0 Å². The number of hydrogen-bond donors (Lipinski definition) is 1. The van der Waals surface area contributed by atoms with Gasteiger partial charge in [-0.3, -0.25) is 9.59 Å². The van der Waals surface area contributed by atoms with Crippen LogP contribution in [0.4, 0.5) is 20.2 Å². The molecule has 0 aliphatic carbocycles. The van der Waals surface area contributed by atoms with Gasteiger partial charge in [-0.25, -0.2) is 13.5 Å². The van der Waals surface area contributed by atoms with Crippen molar-refractivity contribution in [3.05, 3.63) is 64.1 Å². The highest BCUT2D eigenvalue weighted by Crippen LogP contribution is 2.26.